The maximum Gasteiger partial charge on any atom is 0.156 e. The van der Waals surface area contributed by atoms with Crippen molar-refractivity contribution in [3.63, 3.8) is 0 Å². The summed E-state index contributed by atoms with van der Waals surface area (Å²) in [6.07, 6.45) is 3.80. The van der Waals surface area contributed by atoms with E-state index in [1.807, 2.05) is 16.8 Å². The molecule has 6 heteroatoms. The van der Waals surface area contributed by atoms with Crippen molar-refractivity contribution < 1.29 is 0 Å². The molecule has 0 fully saturated rings. The van der Waals surface area contributed by atoms with Gasteiger partial charge in [-0.1, -0.05) is 29.3 Å². The second kappa shape index (κ2) is 5.97. The van der Waals surface area contributed by atoms with Crippen LogP contribution < -0.4 is 0 Å². The molecule has 1 unspecified atom stereocenters. The van der Waals surface area contributed by atoms with Crippen molar-refractivity contribution in [1.82, 2.24) is 14.3 Å². The highest BCUT2D eigenvalue weighted by Crippen LogP contribution is 2.26. The maximum atomic E-state index is 6.18. The zero-order chi connectivity index (χ0) is 15.0. The SMILES string of the molecule is CC(c1cccs1)N(C)Cc1cn2cc(Cl)cc(Cl)c2n1. The Kier molecular flexibility index (Phi) is 4.22. The highest BCUT2D eigenvalue weighted by molar-refractivity contribution is 7.10. The lowest BCUT2D eigenvalue weighted by molar-refractivity contribution is 0.254. The van der Waals surface area contributed by atoms with Crippen molar-refractivity contribution >= 4 is 40.2 Å². The highest BCUT2D eigenvalue weighted by Gasteiger charge is 2.15. The van der Waals surface area contributed by atoms with Gasteiger partial charge in [-0.15, -0.1) is 11.3 Å². The monoisotopic (exact) mass is 339 g/mol. The third-order valence-electron chi connectivity index (χ3n) is 3.55. The van der Waals surface area contributed by atoms with Gasteiger partial charge >= 0.3 is 0 Å². The first-order valence-corrected chi connectivity index (χ1v) is 8.24. The van der Waals surface area contributed by atoms with Crippen LogP contribution in [-0.2, 0) is 6.54 Å². The van der Waals surface area contributed by atoms with E-state index in [4.69, 9.17) is 23.2 Å². The Balaban J connectivity index is 1.83. The summed E-state index contributed by atoms with van der Waals surface area (Å²) in [7, 11) is 2.10. The van der Waals surface area contributed by atoms with Gasteiger partial charge in [0.05, 0.1) is 15.7 Å². The lowest BCUT2D eigenvalue weighted by Gasteiger charge is -2.22. The van der Waals surface area contributed by atoms with Gasteiger partial charge in [-0.2, -0.15) is 0 Å². The molecule has 3 nitrogen and oxygen atoms in total. The van der Waals surface area contributed by atoms with Crippen LogP contribution in [0.25, 0.3) is 5.65 Å². The Morgan fingerprint density at radius 2 is 2.19 bits per heavy atom. The molecule has 0 N–H and O–H groups in total. The molecule has 0 aliphatic rings. The molecule has 0 amide bonds. The molecule has 0 aromatic carbocycles. The van der Waals surface area contributed by atoms with E-state index in [2.05, 4.69) is 41.4 Å². The lowest BCUT2D eigenvalue weighted by atomic mass is 10.2. The van der Waals surface area contributed by atoms with Gasteiger partial charge in [-0.3, -0.25) is 4.90 Å². The van der Waals surface area contributed by atoms with E-state index in [0.29, 0.717) is 16.1 Å². The smallest absolute Gasteiger partial charge is 0.156 e. The van der Waals surface area contributed by atoms with Crippen LogP contribution in [0.4, 0.5) is 0 Å². The maximum absolute atomic E-state index is 6.18. The van der Waals surface area contributed by atoms with Crippen LogP contribution in [0.5, 0.6) is 0 Å². The lowest BCUT2D eigenvalue weighted by Crippen LogP contribution is -2.21. The minimum atomic E-state index is 0.355. The van der Waals surface area contributed by atoms with Crippen LogP contribution in [0.15, 0.2) is 36.0 Å². The molecule has 3 aromatic heterocycles. The third kappa shape index (κ3) is 3.09. The van der Waals surface area contributed by atoms with E-state index >= 15 is 0 Å². The summed E-state index contributed by atoms with van der Waals surface area (Å²) in [6, 6.07) is 6.31. The molecular weight excluding hydrogens is 325 g/mol. The summed E-state index contributed by atoms with van der Waals surface area (Å²) in [5.41, 5.74) is 1.72. The molecular formula is C15H15Cl2N3S. The average molecular weight is 340 g/mol. The molecule has 0 radical (unpaired) electrons. The summed E-state index contributed by atoms with van der Waals surface area (Å²) in [6.45, 7) is 2.96. The van der Waals surface area contributed by atoms with Gasteiger partial charge in [-0.05, 0) is 31.5 Å². The summed E-state index contributed by atoms with van der Waals surface area (Å²) in [5, 5.41) is 3.28. The van der Waals surface area contributed by atoms with Crippen LogP contribution in [0, 0.1) is 0 Å². The zero-order valence-electron chi connectivity index (χ0n) is 11.8. The van der Waals surface area contributed by atoms with Crippen molar-refractivity contribution in [2.24, 2.45) is 0 Å². The molecule has 0 aliphatic carbocycles. The summed E-state index contributed by atoms with van der Waals surface area (Å²) >= 11 is 14.0. The first kappa shape index (κ1) is 14.9. The summed E-state index contributed by atoms with van der Waals surface area (Å²) in [5.74, 6) is 0. The minimum absolute atomic E-state index is 0.355. The quantitative estimate of drug-likeness (QED) is 0.674. The van der Waals surface area contributed by atoms with Gasteiger partial charge in [0.1, 0.15) is 0 Å². The van der Waals surface area contributed by atoms with Crippen LogP contribution in [0.3, 0.4) is 0 Å². The van der Waals surface area contributed by atoms with Crippen molar-refractivity contribution in [3.05, 3.63) is 56.6 Å². The number of nitrogens with zero attached hydrogens (tertiary/aromatic N) is 3. The van der Waals surface area contributed by atoms with E-state index in [0.717, 1.165) is 17.9 Å². The Labute approximate surface area is 137 Å². The minimum Gasteiger partial charge on any atom is -0.304 e. The van der Waals surface area contributed by atoms with Gasteiger partial charge in [-0.25, -0.2) is 4.98 Å². The molecule has 3 heterocycles. The molecule has 0 aliphatic heterocycles. The number of fused-ring (bicyclic) bond motifs is 1. The first-order chi connectivity index (χ1) is 10.0. The number of thiophene rings is 1. The Morgan fingerprint density at radius 1 is 1.38 bits per heavy atom. The van der Waals surface area contributed by atoms with E-state index in [9.17, 15) is 0 Å². The molecule has 1 atom stereocenters. The third-order valence-corrected chi connectivity index (χ3v) is 5.08. The summed E-state index contributed by atoms with van der Waals surface area (Å²) in [4.78, 5) is 8.21. The number of imidazole rings is 1. The normalized spacial score (nSPS) is 13.2. The molecule has 0 saturated carbocycles. The first-order valence-electron chi connectivity index (χ1n) is 6.61. The highest BCUT2D eigenvalue weighted by atomic mass is 35.5. The molecule has 21 heavy (non-hydrogen) atoms. The van der Waals surface area contributed by atoms with E-state index in [-0.39, 0.29) is 0 Å². The number of hydrogen-bond acceptors (Lipinski definition) is 3. The van der Waals surface area contributed by atoms with Gasteiger partial charge < -0.3 is 4.40 Å². The van der Waals surface area contributed by atoms with Crippen molar-refractivity contribution in [1.29, 1.82) is 0 Å². The predicted molar refractivity (Wildman–Crippen MR) is 89.4 cm³/mol. The van der Waals surface area contributed by atoms with E-state index in [1.165, 1.54) is 4.88 Å². The fourth-order valence-corrected chi connectivity index (χ4v) is 3.67. The van der Waals surface area contributed by atoms with Crippen LogP contribution in [0.1, 0.15) is 23.5 Å². The van der Waals surface area contributed by atoms with Crippen LogP contribution in [-0.4, -0.2) is 21.3 Å². The predicted octanol–water partition coefficient (Wildman–Crippen LogP) is 4.90. The fraction of sp³-hybridized carbons (Fsp3) is 0.267. The van der Waals surface area contributed by atoms with Crippen molar-refractivity contribution in [2.75, 3.05) is 7.05 Å². The van der Waals surface area contributed by atoms with Gasteiger partial charge in [0.25, 0.3) is 0 Å². The number of halogens is 2. The molecule has 3 rings (SSSR count). The standard InChI is InChI=1S/C15H15Cl2N3S/c1-10(14-4-3-5-21-14)19(2)8-12-9-20-7-11(16)6-13(17)15(20)18-12/h3-7,9-10H,8H2,1-2H3. The second-order valence-corrected chi connectivity index (χ2v) is 6.90. The topological polar surface area (TPSA) is 20.5 Å². The van der Waals surface area contributed by atoms with E-state index < -0.39 is 0 Å². The second-order valence-electron chi connectivity index (χ2n) is 5.08. The fourth-order valence-electron chi connectivity index (χ4n) is 2.29. The zero-order valence-corrected chi connectivity index (χ0v) is 14.1. The Bertz CT molecular complexity index is 752. The van der Waals surface area contributed by atoms with Crippen molar-refractivity contribution in [2.45, 2.75) is 19.5 Å². The Hall–Kier alpha value is -1.07. The van der Waals surface area contributed by atoms with Gasteiger partial charge in [0.2, 0.25) is 0 Å². The number of rotatable bonds is 4. The molecule has 3 aromatic rings. The van der Waals surface area contributed by atoms with Crippen LogP contribution in [0.2, 0.25) is 10.0 Å². The Morgan fingerprint density at radius 3 is 2.90 bits per heavy atom. The van der Waals surface area contributed by atoms with Gasteiger partial charge in [0, 0.05) is 29.9 Å². The number of pyridine rings is 1. The molecule has 0 bridgehead atoms. The van der Waals surface area contributed by atoms with Crippen LogP contribution >= 0.6 is 34.5 Å². The number of hydrogen-bond donors (Lipinski definition) is 0. The molecule has 110 valence electrons. The van der Waals surface area contributed by atoms with Gasteiger partial charge in [0.15, 0.2) is 5.65 Å². The van der Waals surface area contributed by atoms with E-state index in [1.54, 1.807) is 17.4 Å². The number of aromatic nitrogens is 2. The average Bonchev–Trinajstić information content (AvgIpc) is 3.06. The van der Waals surface area contributed by atoms with Crippen molar-refractivity contribution in [3.8, 4) is 0 Å². The molecule has 0 spiro atoms. The molecule has 0 saturated heterocycles. The summed E-state index contributed by atoms with van der Waals surface area (Å²) < 4.78 is 1.88. The largest absolute Gasteiger partial charge is 0.304 e.